The summed E-state index contributed by atoms with van der Waals surface area (Å²) in [5, 5.41) is 15.4. The molecule has 0 fully saturated rings. The molecule has 1 aromatic heterocycles. The fourth-order valence-corrected chi connectivity index (χ4v) is 2.95. The van der Waals surface area contributed by atoms with Crippen LogP contribution in [-0.4, -0.2) is 30.4 Å². The number of ether oxygens (including phenoxy) is 1. The number of aliphatic hydroxyl groups excluding tert-OH is 1. The minimum absolute atomic E-state index is 0.154. The van der Waals surface area contributed by atoms with Crippen molar-refractivity contribution in [3.63, 3.8) is 0 Å². The Balaban J connectivity index is 1.56. The van der Waals surface area contributed by atoms with E-state index in [9.17, 15) is 5.11 Å². The van der Waals surface area contributed by atoms with Gasteiger partial charge in [-0.3, -0.25) is 4.98 Å². The molecule has 0 saturated carbocycles. The normalized spacial score (nSPS) is 12.2. The highest BCUT2D eigenvalue weighted by molar-refractivity contribution is 5.84. The summed E-state index contributed by atoms with van der Waals surface area (Å²) in [6, 6.07) is 18.4. The Morgan fingerprint density at radius 1 is 1.08 bits per heavy atom. The van der Waals surface area contributed by atoms with Crippen LogP contribution in [0, 0.1) is 5.92 Å². The number of rotatable bonds is 8. The van der Waals surface area contributed by atoms with Crippen LogP contribution >= 0.6 is 0 Å². The van der Waals surface area contributed by atoms with Gasteiger partial charge in [0.1, 0.15) is 5.75 Å². The molecule has 1 heterocycles. The molecule has 4 nitrogen and oxygen atoms in total. The molecule has 0 aliphatic carbocycles. The van der Waals surface area contributed by atoms with E-state index in [1.54, 1.807) is 13.3 Å². The standard InChI is InChI=1S/C21H24N2O2/c1-25-21-8-7-18-10-16(5-6-19(18)12-21)13-22-14-17(15-24)11-20-4-2-3-9-23-20/h2-10,12,17,22,24H,11,13-15H2,1H3. The minimum atomic E-state index is 0.154. The van der Waals surface area contributed by atoms with Gasteiger partial charge in [-0.05, 0) is 59.0 Å². The van der Waals surface area contributed by atoms with Crippen molar-refractivity contribution in [1.82, 2.24) is 10.3 Å². The first-order valence-corrected chi connectivity index (χ1v) is 8.56. The number of fused-ring (bicyclic) bond motifs is 1. The Morgan fingerprint density at radius 2 is 1.92 bits per heavy atom. The molecule has 3 rings (SSSR count). The van der Waals surface area contributed by atoms with Crippen LogP contribution in [0.5, 0.6) is 5.75 Å². The highest BCUT2D eigenvalue weighted by Gasteiger charge is 2.09. The van der Waals surface area contributed by atoms with Crippen molar-refractivity contribution in [2.75, 3.05) is 20.3 Å². The van der Waals surface area contributed by atoms with Crippen molar-refractivity contribution < 1.29 is 9.84 Å². The number of pyridine rings is 1. The Kier molecular flexibility index (Phi) is 5.99. The number of benzene rings is 2. The summed E-state index contributed by atoms with van der Waals surface area (Å²) < 4.78 is 5.26. The lowest BCUT2D eigenvalue weighted by Crippen LogP contribution is -2.26. The van der Waals surface area contributed by atoms with Gasteiger partial charge in [0.15, 0.2) is 0 Å². The van der Waals surface area contributed by atoms with E-state index in [-0.39, 0.29) is 12.5 Å². The second-order valence-corrected chi connectivity index (χ2v) is 6.25. The molecule has 2 N–H and O–H groups in total. The maximum Gasteiger partial charge on any atom is 0.119 e. The molecular weight excluding hydrogens is 312 g/mol. The number of nitrogens with zero attached hydrogens (tertiary/aromatic N) is 1. The Labute approximate surface area is 148 Å². The van der Waals surface area contributed by atoms with Crippen molar-refractivity contribution in [2.45, 2.75) is 13.0 Å². The summed E-state index contributed by atoms with van der Waals surface area (Å²) in [4.78, 5) is 4.33. The number of nitrogens with one attached hydrogen (secondary N) is 1. The molecule has 0 aliphatic rings. The molecular formula is C21H24N2O2. The number of aromatic nitrogens is 1. The fraction of sp³-hybridized carbons (Fsp3) is 0.286. The van der Waals surface area contributed by atoms with Crippen LogP contribution in [0.4, 0.5) is 0 Å². The van der Waals surface area contributed by atoms with Crippen LogP contribution < -0.4 is 10.1 Å². The van der Waals surface area contributed by atoms with E-state index in [1.807, 2.05) is 30.3 Å². The van der Waals surface area contributed by atoms with Gasteiger partial charge in [0, 0.05) is 31.6 Å². The third-order valence-corrected chi connectivity index (χ3v) is 4.36. The van der Waals surface area contributed by atoms with Crippen LogP contribution in [0.2, 0.25) is 0 Å². The topological polar surface area (TPSA) is 54.4 Å². The van der Waals surface area contributed by atoms with E-state index in [2.05, 4.69) is 34.6 Å². The van der Waals surface area contributed by atoms with E-state index < -0.39 is 0 Å². The van der Waals surface area contributed by atoms with Gasteiger partial charge in [-0.25, -0.2) is 0 Å². The highest BCUT2D eigenvalue weighted by Crippen LogP contribution is 2.21. The van der Waals surface area contributed by atoms with Crippen molar-refractivity contribution in [1.29, 1.82) is 0 Å². The molecule has 0 amide bonds. The Morgan fingerprint density at radius 3 is 2.68 bits per heavy atom. The Bertz CT molecular complexity index is 805. The lowest BCUT2D eigenvalue weighted by atomic mass is 10.0. The maximum absolute atomic E-state index is 9.60. The van der Waals surface area contributed by atoms with Gasteiger partial charge in [0.25, 0.3) is 0 Å². The minimum Gasteiger partial charge on any atom is -0.497 e. The predicted molar refractivity (Wildman–Crippen MR) is 101 cm³/mol. The van der Waals surface area contributed by atoms with Crippen molar-refractivity contribution >= 4 is 10.8 Å². The second-order valence-electron chi connectivity index (χ2n) is 6.25. The van der Waals surface area contributed by atoms with Gasteiger partial charge in [0.05, 0.1) is 7.11 Å². The molecule has 0 radical (unpaired) electrons. The zero-order valence-electron chi connectivity index (χ0n) is 14.5. The number of hydrogen-bond donors (Lipinski definition) is 2. The van der Waals surface area contributed by atoms with E-state index >= 15 is 0 Å². The molecule has 1 atom stereocenters. The molecule has 25 heavy (non-hydrogen) atoms. The van der Waals surface area contributed by atoms with Gasteiger partial charge in [0.2, 0.25) is 0 Å². The molecule has 3 aromatic rings. The van der Waals surface area contributed by atoms with E-state index in [4.69, 9.17) is 4.74 Å². The molecule has 0 spiro atoms. The van der Waals surface area contributed by atoms with Crippen LogP contribution in [0.1, 0.15) is 11.3 Å². The second kappa shape index (κ2) is 8.60. The lowest BCUT2D eigenvalue weighted by Gasteiger charge is -2.15. The summed E-state index contributed by atoms with van der Waals surface area (Å²) >= 11 is 0. The summed E-state index contributed by atoms with van der Waals surface area (Å²) in [6.45, 7) is 1.69. The average Bonchev–Trinajstić information content (AvgIpc) is 2.67. The number of aliphatic hydroxyl groups is 1. The van der Waals surface area contributed by atoms with E-state index in [1.165, 1.54) is 16.3 Å². The molecule has 4 heteroatoms. The first kappa shape index (κ1) is 17.4. The Hall–Kier alpha value is -2.43. The van der Waals surface area contributed by atoms with Gasteiger partial charge in [-0.2, -0.15) is 0 Å². The largest absolute Gasteiger partial charge is 0.497 e. The first-order valence-electron chi connectivity index (χ1n) is 8.56. The molecule has 0 bridgehead atoms. The average molecular weight is 336 g/mol. The zero-order chi connectivity index (χ0) is 17.5. The van der Waals surface area contributed by atoms with Crippen molar-refractivity contribution in [3.8, 4) is 5.75 Å². The lowest BCUT2D eigenvalue weighted by molar-refractivity contribution is 0.220. The third kappa shape index (κ3) is 4.78. The molecule has 0 aliphatic heterocycles. The quantitative estimate of drug-likeness (QED) is 0.663. The molecule has 0 saturated heterocycles. The smallest absolute Gasteiger partial charge is 0.119 e. The van der Waals surface area contributed by atoms with Crippen LogP contribution in [0.15, 0.2) is 60.8 Å². The third-order valence-electron chi connectivity index (χ3n) is 4.36. The first-order chi connectivity index (χ1) is 12.3. The monoisotopic (exact) mass is 336 g/mol. The number of methoxy groups -OCH3 is 1. The fourth-order valence-electron chi connectivity index (χ4n) is 2.95. The predicted octanol–water partition coefficient (Wildman–Crippen LogP) is 3.18. The molecule has 2 aromatic carbocycles. The van der Waals surface area contributed by atoms with E-state index in [0.717, 1.165) is 31.0 Å². The maximum atomic E-state index is 9.60. The van der Waals surface area contributed by atoms with Crippen LogP contribution in [0.3, 0.4) is 0 Å². The van der Waals surface area contributed by atoms with Gasteiger partial charge >= 0.3 is 0 Å². The summed E-state index contributed by atoms with van der Waals surface area (Å²) in [6.07, 6.45) is 2.57. The van der Waals surface area contributed by atoms with Gasteiger partial charge in [-0.1, -0.05) is 24.3 Å². The molecule has 1 unspecified atom stereocenters. The van der Waals surface area contributed by atoms with Gasteiger partial charge in [-0.15, -0.1) is 0 Å². The zero-order valence-corrected chi connectivity index (χ0v) is 14.5. The molecule has 130 valence electrons. The van der Waals surface area contributed by atoms with Crippen LogP contribution in [-0.2, 0) is 13.0 Å². The van der Waals surface area contributed by atoms with E-state index in [0.29, 0.717) is 0 Å². The van der Waals surface area contributed by atoms with Crippen molar-refractivity contribution in [3.05, 3.63) is 72.1 Å². The van der Waals surface area contributed by atoms with Crippen LogP contribution in [0.25, 0.3) is 10.8 Å². The SMILES string of the molecule is COc1ccc2cc(CNCC(CO)Cc3ccccn3)ccc2c1. The summed E-state index contributed by atoms with van der Waals surface area (Å²) in [5.74, 6) is 1.04. The summed E-state index contributed by atoms with van der Waals surface area (Å²) in [7, 11) is 1.68. The highest BCUT2D eigenvalue weighted by atomic mass is 16.5. The van der Waals surface area contributed by atoms with Gasteiger partial charge < -0.3 is 15.2 Å². The van der Waals surface area contributed by atoms with Crippen molar-refractivity contribution in [2.24, 2.45) is 5.92 Å². The summed E-state index contributed by atoms with van der Waals surface area (Å²) in [5.41, 5.74) is 2.25. The number of hydrogen-bond acceptors (Lipinski definition) is 4.